The van der Waals surface area contributed by atoms with Gasteiger partial charge in [0.2, 0.25) is 5.91 Å². The van der Waals surface area contributed by atoms with Crippen molar-refractivity contribution in [3.8, 4) is 6.19 Å². The van der Waals surface area contributed by atoms with Crippen molar-refractivity contribution in [2.45, 2.75) is 69.7 Å². The molecule has 0 aliphatic carbocycles. The highest BCUT2D eigenvalue weighted by molar-refractivity contribution is 5.86. The number of amides is 1. The van der Waals surface area contributed by atoms with Crippen molar-refractivity contribution in [1.82, 2.24) is 15.2 Å². The number of aldehydes is 1. The van der Waals surface area contributed by atoms with Crippen LogP contribution < -0.4 is 10.2 Å². The number of pyridine rings is 1. The molecule has 9 nitrogen and oxygen atoms in total. The van der Waals surface area contributed by atoms with E-state index in [1.807, 2.05) is 30.3 Å². The van der Waals surface area contributed by atoms with Crippen LogP contribution in [0.4, 0.5) is 5.69 Å². The van der Waals surface area contributed by atoms with E-state index in [4.69, 9.17) is 14.7 Å². The van der Waals surface area contributed by atoms with Gasteiger partial charge in [-0.25, -0.2) is 0 Å². The maximum absolute atomic E-state index is 13.2. The van der Waals surface area contributed by atoms with Crippen molar-refractivity contribution in [3.05, 3.63) is 59.9 Å². The quantitative estimate of drug-likeness (QED) is 0.423. The van der Waals surface area contributed by atoms with E-state index in [1.54, 1.807) is 19.5 Å². The van der Waals surface area contributed by atoms with E-state index in [0.717, 1.165) is 30.4 Å². The number of aromatic nitrogens is 1. The zero-order valence-electron chi connectivity index (χ0n) is 23.7. The fourth-order valence-corrected chi connectivity index (χ4v) is 4.80. The van der Waals surface area contributed by atoms with E-state index in [2.05, 4.69) is 55.3 Å². The Labute approximate surface area is 232 Å². The molecule has 0 spiro atoms. The maximum Gasteiger partial charge on any atom is 0.247 e. The zero-order chi connectivity index (χ0) is 28.4. The Morgan fingerprint density at radius 3 is 2.46 bits per heavy atom. The fraction of sp³-hybridized carbons (Fsp3) is 0.533. The largest absolute Gasteiger partial charge is 0.381 e. The fourth-order valence-electron chi connectivity index (χ4n) is 4.80. The standard InChI is InChI=1S/C23H31N3O2.C7H10N2O2/c1-23(2,3)18-7-9-20(10-8-18)26(4)21(17-6-5-13-24-16-17)22(27)25-19-11-14-28-15-12-19;1-11-7-2-6(4-10)9(3-7)5-8/h5-10,13,16,19,21H,11-12,14-15H2,1-4H3,(H,25,27);4,6-7H,2-3H2,1H3. The van der Waals surface area contributed by atoms with Crippen LogP contribution in [0.15, 0.2) is 48.8 Å². The topological polar surface area (TPSA) is 108 Å². The second kappa shape index (κ2) is 14.1. The second-order valence-electron chi connectivity index (χ2n) is 11.0. The molecule has 1 aromatic heterocycles. The predicted octanol–water partition coefficient (Wildman–Crippen LogP) is 3.61. The molecule has 0 saturated carbocycles. The van der Waals surface area contributed by atoms with Crippen LogP contribution in [0, 0.1) is 11.5 Å². The van der Waals surface area contributed by atoms with Gasteiger partial charge in [0.05, 0.1) is 18.7 Å². The van der Waals surface area contributed by atoms with Crippen LogP contribution in [-0.4, -0.2) is 74.2 Å². The summed E-state index contributed by atoms with van der Waals surface area (Å²) in [6.45, 7) is 8.54. The summed E-state index contributed by atoms with van der Waals surface area (Å²) in [5.41, 5.74) is 3.26. The number of nitriles is 1. The molecular weight excluding hydrogens is 494 g/mol. The Morgan fingerprint density at radius 2 is 1.95 bits per heavy atom. The first-order valence-corrected chi connectivity index (χ1v) is 13.4. The molecule has 9 heteroatoms. The number of methoxy groups -OCH3 is 1. The van der Waals surface area contributed by atoms with Gasteiger partial charge in [-0.15, -0.1) is 0 Å². The van der Waals surface area contributed by atoms with Crippen LogP contribution >= 0.6 is 0 Å². The first-order valence-electron chi connectivity index (χ1n) is 13.4. The summed E-state index contributed by atoms with van der Waals surface area (Å²) in [6.07, 6.45) is 8.63. The number of hydrogen-bond donors (Lipinski definition) is 1. The van der Waals surface area contributed by atoms with Crippen LogP contribution in [-0.2, 0) is 24.5 Å². The summed E-state index contributed by atoms with van der Waals surface area (Å²) >= 11 is 0. The molecule has 0 bridgehead atoms. The summed E-state index contributed by atoms with van der Waals surface area (Å²) in [7, 11) is 3.56. The molecule has 3 unspecified atom stereocenters. The number of carbonyl (C=O) groups excluding carboxylic acids is 2. The normalized spacial score (nSPS) is 20.3. The smallest absolute Gasteiger partial charge is 0.247 e. The van der Waals surface area contributed by atoms with Crippen LogP contribution in [0.2, 0.25) is 0 Å². The van der Waals surface area contributed by atoms with Crippen LogP contribution in [0.5, 0.6) is 0 Å². The van der Waals surface area contributed by atoms with E-state index in [0.29, 0.717) is 26.2 Å². The van der Waals surface area contributed by atoms with E-state index >= 15 is 0 Å². The summed E-state index contributed by atoms with van der Waals surface area (Å²) in [5, 5.41) is 11.8. The second-order valence-corrected chi connectivity index (χ2v) is 11.0. The van der Waals surface area contributed by atoms with Gasteiger partial charge in [0.25, 0.3) is 0 Å². The Bertz CT molecular complexity index is 1090. The van der Waals surface area contributed by atoms with Crippen molar-refractivity contribution >= 4 is 17.9 Å². The molecule has 3 heterocycles. The van der Waals surface area contributed by atoms with E-state index in [-0.39, 0.29) is 29.5 Å². The number of benzene rings is 1. The van der Waals surface area contributed by atoms with E-state index in [1.165, 1.54) is 10.5 Å². The molecule has 210 valence electrons. The zero-order valence-corrected chi connectivity index (χ0v) is 23.7. The Kier molecular flexibility index (Phi) is 10.8. The average Bonchev–Trinajstić information content (AvgIpc) is 3.37. The van der Waals surface area contributed by atoms with Gasteiger partial charge < -0.3 is 24.5 Å². The van der Waals surface area contributed by atoms with Gasteiger partial charge in [-0.05, 0) is 42.0 Å². The van der Waals surface area contributed by atoms with Gasteiger partial charge in [-0.1, -0.05) is 39.0 Å². The van der Waals surface area contributed by atoms with Gasteiger partial charge in [-0.2, -0.15) is 5.26 Å². The number of nitrogens with zero attached hydrogens (tertiary/aromatic N) is 4. The molecular formula is C30H41N5O4. The highest BCUT2D eigenvalue weighted by atomic mass is 16.5. The first kappa shape index (κ1) is 30.1. The molecule has 39 heavy (non-hydrogen) atoms. The molecule has 2 aliphatic heterocycles. The minimum Gasteiger partial charge on any atom is -0.381 e. The third-order valence-corrected chi connectivity index (χ3v) is 7.27. The van der Waals surface area contributed by atoms with E-state index < -0.39 is 6.04 Å². The number of anilines is 1. The number of likely N-dealkylation sites (N-methyl/N-ethyl adjacent to an activating group) is 1. The lowest BCUT2D eigenvalue weighted by Crippen LogP contribution is -2.45. The molecule has 2 aromatic rings. The van der Waals surface area contributed by atoms with Gasteiger partial charge >= 0.3 is 0 Å². The summed E-state index contributed by atoms with van der Waals surface area (Å²) in [6, 6.07) is 11.8. The SMILES string of the molecule is CN(c1ccc(C(C)(C)C)cc1)C(C(=O)NC1CCOCC1)c1cccnc1.COC1CC(C=O)N(C#N)C1. The molecule has 2 fully saturated rings. The highest BCUT2D eigenvalue weighted by Crippen LogP contribution is 2.29. The minimum absolute atomic E-state index is 0.00213. The Hall–Kier alpha value is -3.48. The minimum atomic E-state index is -0.433. The van der Waals surface area contributed by atoms with Crippen LogP contribution in [0.25, 0.3) is 0 Å². The molecule has 0 radical (unpaired) electrons. The molecule has 4 rings (SSSR count). The van der Waals surface area contributed by atoms with Gasteiger partial charge in [0.1, 0.15) is 12.3 Å². The molecule has 1 aromatic carbocycles. The summed E-state index contributed by atoms with van der Waals surface area (Å²) in [4.78, 5) is 31.3. The predicted molar refractivity (Wildman–Crippen MR) is 150 cm³/mol. The lowest BCUT2D eigenvalue weighted by atomic mass is 9.87. The third-order valence-electron chi connectivity index (χ3n) is 7.27. The third kappa shape index (κ3) is 8.25. The molecule has 2 aliphatic rings. The number of ether oxygens (including phenoxy) is 2. The Morgan fingerprint density at radius 1 is 1.26 bits per heavy atom. The van der Waals surface area contributed by atoms with Crippen molar-refractivity contribution in [2.75, 3.05) is 38.8 Å². The van der Waals surface area contributed by atoms with Crippen molar-refractivity contribution in [2.24, 2.45) is 0 Å². The highest BCUT2D eigenvalue weighted by Gasteiger charge is 2.31. The lowest BCUT2D eigenvalue weighted by molar-refractivity contribution is -0.123. The lowest BCUT2D eigenvalue weighted by Gasteiger charge is -2.32. The Balaban J connectivity index is 0.000000320. The van der Waals surface area contributed by atoms with Crippen molar-refractivity contribution < 1.29 is 19.1 Å². The van der Waals surface area contributed by atoms with E-state index in [9.17, 15) is 9.59 Å². The van der Waals surface area contributed by atoms with Crippen LogP contribution in [0.1, 0.15) is 57.2 Å². The number of nitrogens with one attached hydrogen (secondary N) is 1. The van der Waals surface area contributed by atoms with Crippen molar-refractivity contribution in [1.29, 1.82) is 5.26 Å². The maximum atomic E-state index is 13.2. The molecule has 3 atom stereocenters. The molecule has 2 saturated heterocycles. The average molecular weight is 536 g/mol. The molecule has 1 amide bonds. The first-order chi connectivity index (χ1) is 18.7. The van der Waals surface area contributed by atoms with Gasteiger partial charge in [-0.3, -0.25) is 14.7 Å². The van der Waals surface area contributed by atoms with Gasteiger partial charge in [0.15, 0.2) is 6.19 Å². The number of rotatable bonds is 7. The number of carbonyl (C=O) groups is 2. The van der Waals surface area contributed by atoms with Crippen molar-refractivity contribution in [3.63, 3.8) is 0 Å². The monoisotopic (exact) mass is 535 g/mol. The summed E-state index contributed by atoms with van der Waals surface area (Å²) < 4.78 is 10.4. The number of hydrogen-bond acceptors (Lipinski definition) is 8. The summed E-state index contributed by atoms with van der Waals surface area (Å²) in [5.74, 6) is 0.00213. The van der Waals surface area contributed by atoms with Gasteiger partial charge in [0, 0.05) is 63.5 Å². The molecule has 1 N–H and O–H groups in total. The number of likely N-dealkylation sites (tertiary alicyclic amines) is 1. The van der Waals surface area contributed by atoms with Crippen LogP contribution in [0.3, 0.4) is 0 Å².